The van der Waals surface area contributed by atoms with Crippen molar-refractivity contribution in [3.63, 3.8) is 0 Å². The number of pyridine rings is 1. The molecule has 1 saturated heterocycles. The van der Waals surface area contributed by atoms with Crippen LogP contribution in [-0.4, -0.2) is 57.7 Å². The molecule has 0 atom stereocenters. The van der Waals surface area contributed by atoms with Crippen LogP contribution in [0.4, 0.5) is 11.5 Å². The van der Waals surface area contributed by atoms with E-state index in [2.05, 4.69) is 14.9 Å². The molecule has 3 rings (SSSR count). The Bertz CT molecular complexity index is 787. The van der Waals surface area contributed by atoms with Crippen molar-refractivity contribution >= 4 is 23.7 Å². The predicted molar refractivity (Wildman–Crippen MR) is 98.9 cm³/mol. The largest absolute Gasteiger partial charge is 0.479 e. The van der Waals surface area contributed by atoms with Gasteiger partial charge < -0.3 is 19.1 Å². The number of aliphatic imine (C=N–C) groups is 1. The molecule has 1 aliphatic heterocycles. The van der Waals surface area contributed by atoms with Crippen molar-refractivity contribution in [2.24, 2.45) is 4.99 Å². The summed E-state index contributed by atoms with van der Waals surface area (Å²) in [6.45, 7) is 2.63. The van der Waals surface area contributed by atoms with E-state index in [1.54, 1.807) is 19.4 Å². The van der Waals surface area contributed by atoms with Crippen LogP contribution in [0.2, 0.25) is 0 Å². The van der Waals surface area contributed by atoms with Gasteiger partial charge in [-0.2, -0.15) is 4.98 Å². The van der Waals surface area contributed by atoms with Crippen LogP contribution in [0, 0.1) is 0 Å². The number of hydrogen-bond acceptors (Lipinski definition) is 7. The van der Waals surface area contributed by atoms with Gasteiger partial charge in [-0.25, -0.2) is 9.79 Å². The minimum Gasteiger partial charge on any atom is -0.479 e. The van der Waals surface area contributed by atoms with Gasteiger partial charge in [0.15, 0.2) is 5.82 Å². The monoisotopic (exact) mass is 355 g/mol. The molecule has 1 aliphatic rings. The van der Waals surface area contributed by atoms with Crippen LogP contribution < -0.4 is 9.64 Å². The molecule has 7 heteroatoms. The lowest BCUT2D eigenvalue weighted by Crippen LogP contribution is -2.36. The highest BCUT2D eigenvalue weighted by Gasteiger charge is 2.22. The van der Waals surface area contributed by atoms with E-state index >= 15 is 0 Å². The minimum absolute atomic E-state index is 0.259. The summed E-state index contributed by atoms with van der Waals surface area (Å²) in [6.07, 6.45) is 1.66. The van der Waals surface area contributed by atoms with Crippen molar-refractivity contribution in [1.82, 2.24) is 4.98 Å². The fourth-order valence-corrected chi connectivity index (χ4v) is 2.69. The molecule has 1 aromatic carbocycles. The third-order valence-electron chi connectivity index (χ3n) is 4.03. The summed E-state index contributed by atoms with van der Waals surface area (Å²) in [5, 5.41) is 0. The van der Waals surface area contributed by atoms with Gasteiger partial charge in [0.05, 0.1) is 27.4 Å². The molecule has 0 aliphatic carbocycles. The summed E-state index contributed by atoms with van der Waals surface area (Å²) in [4.78, 5) is 23.2. The fourth-order valence-electron chi connectivity index (χ4n) is 2.69. The number of esters is 1. The first-order valence-corrected chi connectivity index (χ1v) is 8.32. The van der Waals surface area contributed by atoms with Crippen LogP contribution in [0.5, 0.6) is 5.88 Å². The Morgan fingerprint density at radius 2 is 1.96 bits per heavy atom. The van der Waals surface area contributed by atoms with Crippen molar-refractivity contribution in [2.45, 2.75) is 0 Å². The Morgan fingerprint density at radius 1 is 1.23 bits per heavy atom. The second kappa shape index (κ2) is 8.44. The van der Waals surface area contributed by atoms with Gasteiger partial charge >= 0.3 is 5.97 Å². The van der Waals surface area contributed by atoms with Crippen LogP contribution in [0.15, 0.2) is 41.4 Å². The topological polar surface area (TPSA) is 73.2 Å². The molecule has 0 spiro atoms. The van der Waals surface area contributed by atoms with Gasteiger partial charge in [-0.1, -0.05) is 30.3 Å². The number of benzene rings is 1. The van der Waals surface area contributed by atoms with Gasteiger partial charge in [-0.05, 0) is 11.6 Å². The second-order valence-corrected chi connectivity index (χ2v) is 5.65. The normalized spacial score (nSPS) is 14.5. The molecule has 7 nitrogen and oxygen atoms in total. The quantitative estimate of drug-likeness (QED) is 0.606. The zero-order valence-electron chi connectivity index (χ0n) is 14.8. The summed E-state index contributed by atoms with van der Waals surface area (Å²) in [7, 11) is 2.89. The van der Waals surface area contributed by atoms with Crippen molar-refractivity contribution in [2.75, 3.05) is 45.4 Å². The minimum atomic E-state index is -0.491. The van der Waals surface area contributed by atoms with Gasteiger partial charge in [0.25, 0.3) is 0 Å². The summed E-state index contributed by atoms with van der Waals surface area (Å²) < 4.78 is 15.7. The molecule has 0 unspecified atom stereocenters. The van der Waals surface area contributed by atoms with Crippen molar-refractivity contribution in [3.05, 3.63) is 47.5 Å². The van der Waals surface area contributed by atoms with Gasteiger partial charge in [-0.3, -0.25) is 0 Å². The molecular formula is C19H21N3O4. The third kappa shape index (κ3) is 4.00. The SMILES string of the molecule is COC(=O)c1cc(N2CCOCC2)c(OC)nc1N=Cc1ccccc1. The van der Waals surface area contributed by atoms with Crippen molar-refractivity contribution in [3.8, 4) is 5.88 Å². The lowest BCUT2D eigenvalue weighted by molar-refractivity contribution is 0.0601. The first kappa shape index (κ1) is 17.9. The van der Waals surface area contributed by atoms with Crippen molar-refractivity contribution in [1.29, 1.82) is 0 Å². The van der Waals surface area contributed by atoms with E-state index < -0.39 is 5.97 Å². The molecule has 0 radical (unpaired) electrons. The average Bonchev–Trinajstić information content (AvgIpc) is 2.72. The molecule has 0 bridgehead atoms. The van der Waals surface area contributed by atoms with E-state index in [-0.39, 0.29) is 5.82 Å². The van der Waals surface area contributed by atoms with E-state index in [1.807, 2.05) is 30.3 Å². The fraction of sp³-hybridized carbons (Fsp3) is 0.316. The first-order chi connectivity index (χ1) is 12.7. The van der Waals surface area contributed by atoms with E-state index in [0.717, 1.165) is 11.3 Å². The molecule has 136 valence electrons. The van der Waals surface area contributed by atoms with Crippen LogP contribution in [0.3, 0.4) is 0 Å². The zero-order valence-corrected chi connectivity index (χ0v) is 14.8. The lowest BCUT2D eigenvalue weighted by atomic mass is 10.2. The maximum atomic E-state index is 12.3. The van der Waals surface area contributed by atoms with E-state index in [4.69, 9.17) is 14.2 Å². The Hall–Kier alpha value is -2.93. The van der Waals surface area contributed by atoms with Crippen LogP contribution >= 0.6 is 0 Å². The summed E-state index contributed by atoms with van der Waals surface area (Å²) in [6, 6.07) is 11.3. The average molecular weight is 355 g/mol. The number of morpholine rings is 1. The molecule has 0 saturated carbocycles. The van der Waals surface area contributed by atoms with Gasteiger partial charge in [0, 0.05) is 19.3 Å². The number of methoxy groups -OCH3 is 2. The highest BCUT2D eigenvalue weighted by molar-refractivity contribution is 5.97. The van der Waals surface area contributed by atoms with Gasteiger partial charge in [0.1, 0.15) is 11.3 Å². The maximum absolute atomic E-state index is 12.3. The predicted octanol–water partition coefficient (Wildman–Crippen LogP) is 2.46. The summed E-state index contributed by atoms with van der Waals surface area (Å²) in [5.41, 5.74) is 1.93. The Balaban J connectivity index is 2.02. The van der Waals surface area contributed by atoms with Crippen molar-refractivity contribution < 1.29 is 19.0 Å². The number of rotatable bonds is 5. The van der Waals surface area contributed by atoms with E-state index in [0.29, 0.717) is 37.7 Å². The Labute approximate surface area is 152 Å². The van der Waals surface area contributed by atoms with E-state index in [9.17, 15) is 4.79 Å². The molecule has 26 heavy (non-hydrogen) atoms. The second-order valence-electron chi connectivity index (χ2n) is 5.65. The summed E-state index contributed by atoms with van der Waals surface area (Å²) in [5.74, 6) is 0.184. The number of ether oxygens (including phenoxy) is 3. The molecule has 2 aromatic rings. The third-order valence-corrected chi connectivity index (χ3v) is 4.03. The van der Waals surface area contributed by atoms with Gasteiger partial charge in [-0.15, -0.1) is 0 Å². The van der Waals surface area contributed by atoms with Crippen LogP contribution in [-0.2, 0) is 9.47 Å². The first-order valence-electron chi connectivity index (χ1n) is 8.32. The smallest absolute Gasteiger partial charge is 0.341 e. The number of nitrogens with zero attached hydrogens (tertiary/aromatic N) is 3. The number of carbonyl (C=O) groups is 1. The summed E-state index contributed by atoms with van der Waals surface area (Å²) >= 11 is 0. The Kier molecular flexibility index (Phi) is 5.80. The Morgan fingerprint density at radius 3 is 2.62 bits per heavy atom. The number of hydrogen-bond donors (Lipinski definition) is 0. The van der Waals surface area contributed by atoms with Crippen LogP contribution in [0.1, 0.15) is 15.9 Å². The number of aromatic nitrogens is 1. The molecule has 0 N–H and O–H groups in total. The van der Waals surface area contributed by atoms with Crippen LogP contribution in [0.25, 0.3) is 0 Å². The molecule has 1 aromatic heterocycles. The van der Waals surface area contributed by atoms with Gasteiger partial charge in [0.2, 0.25) is 5.88 Å². The lowest BCUT2D eigenvalue weighted by Gasteiger charge is -2.29. The zero-order chi connectivity index (χ0) is 18.4. The maximum Gasteiger partial charge on any atom is 0.341 e. The standard InChI is InChI=1S/C19H21N3O4/c1-24-18-16(22-8-10-26-11-9-22)12-15(19(23)25-2)17(21-18)20-13-14-6-4-3-5-7-14/h3-7,12-13H,8-11H2,1-2H3. The molecule has 1 fully saturated rings. The number of anilines is 1. The highest BCUT2D eigenvalue weighted by atomic mass is 16.5. The van der Waals surface area contributed by atoms with E-state index in [1.165, 1.54) is 7.11 Å². The molecular weight excluding hydrogens is 334 g/mol. The highest BCUT2D eigenvalue weighted by Crippen LogP contribution is 2.33. The molecule has 0 amide bonds. The number of carbonyl (C=O) groups excluding carboxylic acids is 1. The molecule has 2 heterocycles.